The molecule has 1 aliphatic rings. The largest absolute Gasteiger partial charge is 0.327 e. The first-order chi connectivity index (χ1) is 7.58. The summed E-state index contributed by atoms with van der Waals surface area (Å²) in [6.07, 6.45) is 1.04. The molecule has 4 nitrogen and oxygen atoms in total. The number of thiazole rings is 1. The van der Waals surface area contributed by atoms with Crippen molar-refractivity contribution >= 4 is 11.3 Å². The number of nitrogens with zero attached hydrogens (tertiary/aromatic N) is 1. The van der Waals surface area contributed by atoms with Crippen LogP contribution in [0.1, 0.15) is 26.0 Å². The Labute approximate surface area is 99.5 Å². The Morgan fingerprint density at radius 1 is 1.62 bits per heavy atom. The number of aromatic nitrogens is 1. The van der Waals surface area contributed by atoms with Gasteiger partial charge in [0.25, 0.3) is 0 Å². The van der Waals surface area contributed by atoms with E-state index in [1.807, 2.05) is 5.38 Å². The topological polar surface area (TPSA) is 62.1 Å². The Hall–Kier alpha value is -0.650. The van der Waals surface area contributed by atoms with Gasteiger partial charge in [0.1, 0.15) is 0 Å². The fraction of sp³-hybridized carbons (Fsp3) is 0.727. The van der Waals surface area contributed by atoms with Crippen LogP contribution in [0.5, 0.6) is 0 Å². The third-order valence-electron chi connectivity index (χ3n) is 3.71. The number of hydrogen-bond donors (Lipinski definition) is 2. The molecular weight excluding hydrogens is 222 g/mol. The van der Waals surface area contributed by atoms with Crippen LogP contribution in [0.4, 0.5) is 0 Å². The molecular formula is C11H19N3OS. The molecule has 1 fully saturated rings. The van der Waals surface area contributed by atoms with Gasteiger partial charge in [0.2, 0.25) is 0 Å². The lowest BCUT2D eigenvalue weighted by atomic mass is 9.87. The lowest BCUT2D eigenvalue weighted by Gasteiger charge is -2.41. The van der Waals surface area contributed by atoms with Gasteiger partial charge in [-0.05, 0) is 19.3 Å². The highest BCUT2D eigenvalue weighted by molar-refractivity contribution is 7.07. The number of hydrogen-bond acceptors (Lipinski definition) is 4. The Balaban J connectivity index is 2.02. The van der Waals surface area contributed by atoms with Gasteiger partial charge in [0, 0.05) is 36.2 Å². The number of nitrogens with one attached hydrogen (secondary N) is 1. The number of piperidine rings is 1. The summed E-state index contributed by atoms with van der Waals surface area (Å²) in [6, 6.07) is 0.792. The van der Waals surface area contributed by atoms with E-state index in [1.165, 1.54) is 11.3 Å². The second kappa shape index (κ2) is 4.69. The van der Waals surface area contributed by atoms with Gasteiger partial charge in [-0.1, -0.05) is 18.3 Å². The van der Waals surface area contributed by atoms with Gasteiger partial charge >= 0.3 is 4.87 Å². The quantitative estimate of drug-likeness (QED) is 0.812. The number of aromatic amines is 1. The lowest BCUT2D eigenvalue weighted by molar-refractivity contribution is 0.0899. The van der Waals surface area contributed by atoms with Gasteiger partial charge in [-0.25, -0.2) is 0 Å². The molecule has 3 unspecified atom stereocenters. The minimum Gasteiger partial charge on any atom is -0.327 e. The summed E-state index contributed by atoms with van der Waals surface area (Å²) in [5, 5.41) is 1.91. The smallest absolute Gasteiger partial charge is 0.304 e. The molecule has 0 bridgehead atoms. The zero-order valence-electron chi connectivity index (χ0n) is 9.77. The SMILES string of the molecule is CC1C(N)CCN(Cc2csc(=O)[nH]2)C1C. The van der Waals surface area contributed by atoms with Crippen molar-refractivity contribution in [2.75, 3.05) is 6.54 Å². The van der Waals surface area contributed by atoms with Crippen LogP contribution >= 0.6 is 11.3 Å². The Morgan fingerprint density at radius 3 is 3.00 bits per heavy atom. The van der Waals surface area contributed by atoms with E-state index in [0.717, 1.165) is 25.2 Å². The summed E-state index contributed by atoms with van der Waals surface area (Å²) >= 11 is 1.23. The van der Waals surface area contributed by atoms with E-state index < -0.39 is 0 Å². The highest BCUT2D eigenvalue weighted by atomic mass is 32.1. The summed E-state index contributed by atoms with van der Waals surface area (Å²) in [4.78, 5) is 16.3. The average Bonchev–Trinajstić information content (AvgIpc) is 2.65. The van der Waals surface area contributed by atoms with Crippen molar-refractivity contribution in [2.24, 2.45) is 11.7 Å². The summed E-state index contributed by atoms with van der Waals surface area (Å²) < 4.78 is 0. The molecule has 0 saturated carbocycles. The van der Waals surface area contributed by atoms with Gasteiger partial charge in [-0.3, -0.25) is 9.69 Å². The molecule has 1 aromatic heterocycles. The Bertz CT molecular complexity index is 400. The van der Waals surface area contributed by atoms with Crippen LogP contribution in [0.25, 0.3) is 0 Å². The molecule has 16 heavy (non-hydrogen) atoms. The lowest BCUT2D eigenvalue weighted by Crippen LogP contribution is -2.51. The highest BCUT2D eigenvalue weighted by Gasteiger charge is 2.30. The van der Waals surface area contributed by atoms with Crippen molar-refractivity contribution in [3.63, 3.8) is 0 Å². The van der Waals surface area contributed by atoms with Crippen molar-refractivity contribution in [3.8, 4) is 0 Å². The van der Waals surface area contributed by atoms with Crippen LogP contribution in [-0.4, -0.2) is 28.5 Å². The molecule has 3 N–H and O–H groups in total. The van der Waals surface area contributed by atoms with Gasteiger partial charge < -0.3 is 10.7 Å². The van der Waals surface area contributed by atoms with Gasteiger partial charge in [-0.15, -0.1) is 0 Å². The molecule has 90 valence electrons. The number of likely N-dealkylation sites (tertiary alicyclic amines) is 1. The average molecular weight is 241 g/mol. The second-order valence-electron chi connectivity index (χ2n) is 4.70. The molecule has 1 aromatic rings. The van der Waals surface area contributed by atoms with E-state index >= 15 is 0 Å². The first-order valence-corrected chi connectivity index (χ1v) is 6.62. The van der Waals surface area contributed by atoms with E-state index in [0.29, 0.717) is 18.0 Å². The van der Waals surface area contributed by atoms with Crippen molar-refractivity contribution in [3.05, 3.63) is 20.7 Å². The van der Waals surface area contributed by atoms with E-state index in [9.17, 15) is 4.79 Å². The van der Waals surface area contributed by atoms with E-state index in [-0.39, 0.29) is 4.87 Å². The van der Waals surface area contributed by atoms with Crippen LogP contribution in [0, 0.1) is 5.92 Å². The summed E-state index contributed by atoms with van der Waals surface area (Å²) in [6.45, 7) is 6.27. The monoisotopic (exact) mass is 241 g/mol. The Morgan fingerprint density at radius 2 is 2.38 bits per heavy atom. The molecule has 0 aliphatic carbocycles. The molecule has 0 aromatic carbocycles. The fourth-order valence-corrected chi connectivity index (χ4v) is 2.88. The molecule has 2 heterocycles. The summed E-state index contributed by atoms with van der Waals surface area (Å²) in [5.74, 6) is 0.513. The van der Waals surface area contributed by atoms with Crippen molar-refractivity contribution in [2.45, 2.75) is 38.9 Å². The predicted octanol–water partition coefficient (Wildman–Crippen LogP) is 0.994. The van der Waals surface area contributed by atoms with Crippen LogP contribution in [0.2, 0.25) is 0 Å². The normalized spacial score (nSPS) is 31.8. The summed E-state index contributed by atoms with van der Waals surface area (Å²) in [5.41, 5.74) is 7.06. The standard InChI is InChI=1S/C11H19N3OS/c1-7-8(2)14(4-3-10(7)12)5-9-6-16-11(15)13-9/h6-8,10H,3-5,12H2,1-2H3,(H,13,15). The minimum atomic E-state index is 0.0319. The minimum absolute atomic E-state index is 0.0319. The van der Waals surface area contributed by atoms with Crippen LogP contribution in [-0.2, 0) is 6.54 Å². The maximum Gasteiger partial charge on any atom is 0.304 e. The number of rotatable bonds is 2. The molecule has 3 atom stereocenters. The summed E-state index contributed by atoms with van der Waals surface area (Å²) in [7, 11) is 0. The van der Waals surface area contributed by atoms with E-state index in [1.54, 1.807) is 0 Å². The van der Waals surface area contributed by atoms with Crippen LogP contribution < -0.4 is 10.6 Å². The van der Waals surface area contributed by atoms with Crippen molar-refractivity contribution in [1.29, 1.82) is 0 Å². The molecule has 2 rings (SSSR count). The molecule has 0 amide bonds. The molecule has 1 aliphatic heterocycles. The zero-order chi connectivity index (χ0) is 11.7. The fourth-order valence-electron chi connectivity index (χ4n) is 2.31. The first kappa shape index (κ1) is 11.8. The molecule has 0 radical (unpaired) electrons. The Kier molecular flexibility index (Phi) is 3.47. The predicted molar refractivity (Wildman–Crippen MR) is 66.6 cm³/mol. The third kappa shape index (κ3) is 2.36. The van der Waals surface area contributed by atoms with Crippen LogP contribution in [0.3, 0.4) is 0 Å². The molecule has 5 heteroatoms. The van der Waals surface area contributed by atoms with Crippen molar-refractivity contribution < 1.29 is 0 Å². The highest BCUT2D eigenvalue weighted by Crippen LogP contribution is 2.23. The van der Waals surface area contributed by atoms with E-state index in [4.69, 9.17) is 5.73 Å². The number of nitrogens with two attached hydrogens (primary N) is 1. The maximum atomic E-state index is 11.1. The zero-order valence-corrected chi connectivity index (χ0v) is 10.6. The van der Waals surface area contributed by atoms with Gasteiger partial charge in [-0.2, -0.15) is 0 Å². The van der Waals surface area contributed by atoms with E-state index in [2.05, 4.69) is 23.7 Å². The second-order valence-corrected chi connectivity index (χ2v) is 5.54. The first-order valence-electron chi connectivity index (χ1n) is 5.74. The van der Waals surface area contributed by atoms with Crippen molar-refractivity contribution in [1.82, 2.24) is 9.88 Å². The maximum absolute atomic E-state index is 11.1. The molecule has 1 saturated heterocycles. The molecule has 0 spiro atoms. The van der Waals surface area contributed by atoms with Gasteiger partial charge in [0.05, 0.1) is 0 Å². The number of H-pyrrole nitrogens is 1. The van der Waals surface area contributed by atoms with Gasteiger partial charge in [0.15, 0.2) is 0 Å². The van der Waals surface area contributed by atoms with Crippen LogP contribution in [0.15, 0.2) is 10.2 Å². The third-order valence-corrected chi connectivity index (χ3v) is 4.42.